The van der Waals surface area contributed by atoms with Gasteiger partial charge in [0.05, 0.1) is 25.9 Å². The average molecular weight is 571 g/mol. The summed E-state index contributed by atoms with van der Waals surface area (Å²) in [7, 11) is -4.69. The van der Waals surface area contributed by atoms with E-state index in [1.807, 2.05) is 0 Å². The first-order chi connectivity index (χ1) is 16.3. The molecule has 0 amide bonds. The number of hydrogen-bond acceptors (Lipinski definition) is 5. The van der Waals surface area contributed by atoms with Crippen molar-refractivity contribution < 1.29 is 22.8 Å². The molecular weight excluding hydrogens is 513 g/mol. The van der Waals surface area contributed by atoms with Crippen LogP contribution in [0.3, 0.4) is 0 Å². The molecule has 0 aromatic rings. The number of carbonyl (C=O) groups excluding carboxylic acids is 1. The molecule has 0 radical (unpaired) electrons. The highest BCUT2D eigenvalue weighted by atomic mass is 28.4. The summed E-state index contributed by atoms with van der Waals surface area (Å²) in [6, 6.07) is 0. The lowest BCUT2D eigenvalue weighted by atomic mass is 9.85. The number of methoxy groups -OCH3 is 1. The smallest absolute Gasteiger partial charge is 0.330 e. The van der Waals surface area contributed by atoms with E-state index in [0.29, 0.717) is 19.4 Å². The topological polar surface area (TPSA) is 54.0 Å². The maximum Gasteiger partial charge on any atom is 0.330 e. The third-order valence-electron chi connectivity index (χ3n) is 9.22. The summed E-state index contributed by atoms with van der Waals surface area (Å²) in [5.41, 5.74) is 2.21. The van der Waals surface area contributed by atoms with Gasteiger partial charge in [-0.3, -0.25) is 0 Å². The van der Waals surface area contributed by atoms with Crippen LogP contribution in [-0.4, -0.2) is 56.8 Å². The van der Waals surface area contributed by atoms with E-state index in [2.05, 4.69) is 108 Å². The van der Waals surface area contributed by atoms with Crippen molar-refractivity contribution in [2.75, 3.05) is 13.7 Å². The Balaban J connectivity index is 3.59. The molecule has 8 heteroatoms. The number of rotatable bonds is 8. The van der Waals surface area contributed by atoms with Crippen molar-refractivity contribution in [3.8, 4) is 0 Å². The van der Waals surface area contributed by atoms with Crippen LogP contribution in [0.15, 0.2) is 23.3 Å². The van der Waals surface area contributed by atoms with Gasteiger partial charge in [0.1, 0.15) is 0 Å². The summed E-state index contributed by atoms with van der Waals surface area (Å²) in [4.78, 5) is 12.2. The molecule has 0 aliphatic heterocycles. The summed E-state index contributed by atoms with van der Waals surface area (Å²) in [5.74, 6) is -0.319. The van der Waals surface area contributed by atoms with Gasteiger partial charge in [-0.2, -0.15) is 0 Å². The molecule has 0 aromatic carbocycles. The third-order valence-corrected chi connectivity index (χ3v) is 22.7. The molecule has 216 valence electrons. The molecule has 0 bridgehead atoms. The van der Waals surface area contributed by atoms with Crippen LogP contribution < -0.4 is 0 Å². The van der Waals surface area contributed by atoms with E-state index in [1.54, 1.807) is 6.08 Å². The zero-order valence-electron chi connectivity index (χ0n) is 27.0. The lowest BCUT2D eigenvalue weighted by Gasteiger charge is -2.46. The van der Waals surface area contributed by atoms with Crippen LogP contribution in [0, 0.1) is 0 Å². The first-order valence-corrected chi connectivity index (χ1v) is 22.5. The van der Waals surface area contributed by atoms with Gasteiger partial charge in [0.25, 0.3) is 0 Å². The Morgan fingerprint density at radius 3 is 1.46 bits per heavy atom. The second kappa shape index (κ2) is 11.9. The molecule has 0 saturated heterocycles. The van der Waals surface area contributed by atoms with E-state index in [1.165, 1.54) is 12.7 Å². The standard InChI is InChI=1S/C29H58O5Si3/c1-27(2,3)35(11,12)32-18-17-23-24(33-36(13,14)28(4,5)6)19-22(21-26(30)31-10)20-25(23)34-37(15,16)29(7,8)9/h17,21,24-25H,18-20H2,1-16H3/t24-,25?/m0/s1. The van der Waals surface area contributed by atoms with Crippen molar-refractivity contribution in [1.82, 2.24) is 0 Å². The van der Waals surface area contributed by atoms with Crippen LogP contribution in [0.2, 0.25) is 54.4 Å². The van der Waals surface area contributed by atoms with Crippen LogP contribution in [-0.2, 0) is 22.8 Å². The van der Waals surface area contributed by atoms with Gasteiger partial charge in [0.15, 0.2) is 25.0 Å². The first-order valence-electron chi connectivity index (χ1n) is 13.8. The van der Waals surface area contributed by atoms with Crippen LogP contribution in [0.5, 0.6) is 0 Å². The van der Waals surface area contributed by atoms with Crippen LogP contribution in [0.4, 0.5) is 0 Å². The normalized spacial score (nSPS) is 23.0. The van der Waals surface area contributed by atoms with Crippen molar-refractivity contribution in [2.24, 2.45) is 0 Å². The third kappa shape index (κ3) is 9.28. The summed E-state index contributed by atoms with van der Waals surface area (Å²) in [6.07, 6.45) is 4.93. The minimum atomic E-state index is -2.10. The highest BCUT2D eigenvalue weighted by Crippen LogP contribution is 2.45. The zero-order valence-corrected chi connectivity index (χ0v) is 30.0. The van der Waals surface area contributed by atoms with E-state index >= 15 is 0 Å². The van der Waals surface area contributed by atoms with Gasteiger partial charge in [-0.05, 0) is 72.8 Å². The minimum absolute atomic E-state index is 0.0647. The van der Waals surface area contributed by atoms with Crippen LogP contribution in [0.25, 0.3) is 0 Å². The van der Waals surface area contributed by atoms with E-state index in [4.69, 9.17) is 18.0 Å². The average Bonchev–Trinajstić information content (AvgIpc) is 2.66. The minimum Gasteiger partial charge on any atom is -0.466 e. The molecule has 2 atom stereocenters. The number of carbonyl (C=O) groups is 1. The highest BCUT2D eigenvalue weighted by Gasteiger charge is 2.46. The Bertz CT molecular complexity index is 810. The predicted octanol–water partition coefficient (Wildman–Crippen LogP) is 8.61. The second-order valence-corrected chi connectivity index (χ2v) is 29.6. The monoisotopic (exact) mass is 570 g/mol. The maximum absolute atomic E-state index is 12.2. The Kier molecular flexibility index (Phi) is 11.1. The lowest BCUT2D eigenvalue weighted by molar-refractivity contribution is -0.134. The van der Waals surface area contributed by atoms with E-state index < -0.39 is 25.0 Å². The van der Waals surface area contributed by atoms with Gasteiger partial charge in [0, 0.05) is 6.08 Å². The Labute approximate surface area is 232 Å². The molecule has 1 unspecified atom stereocenters. The quantitative estimate of drug-likeness (QED) is 0.127. The van der Waals surface area contributed by atoms with Crippen LogP contribution >= 0.6 is 0 Å². The fourth-order valence-corrected chi connectivity index (χ4v) is 6.96. The lowest BCUT2D eigenvalue weighted by Crippen LogP contribution is -2.50. The summed E-state index contributed by atoms with van der Waals surface area (Å²) in [5, 5.41) is 0.271. The molecule has 37 heavy (non-hydrogen) atoms. The number of ether oxygens (including phenoxy) is 1. The van der Waals surface area contributed by atoms with E-state index in [9.17, 15) is 4.79 Å². The van der Waals surface area contributed by atoms with Crippen molar-refractivity contribution in [1.29, 1.82) is 0 Å². The number of esters is 1. The molecular formula is C29H58O5Si3. The Morgan fingerprint density at radius 1 is 0.757 bits per heavy atom. The predicted molar refractivity (Wildman–Crippen MR) is 165 cm³/mol. The zero-order chi connectivity index (χ0) is 29.3. The van der Waals surface area contributed by atoms with Gasteiger partial charge in [-0.25, -0.2) is 4.79 Å². The molecule has 1 aliphatic carbocycles. The summed E-state index contributed by atoms with van der Waals surface area (Å²) >= 11 is 0. The van der Waals surface area contributed by atoms with Crippen molar-refractivity contribution in [3.63, 3.8) is 0 Å². The van der Waals surface area contributed by atoms with Gasteiger partial charge in [0.2, 0.25) is 0 Å². The molecule has 1 rings (SSSR count). The van der Waals surface area contributed by atoms with Gasteiger partial charge in [-0.15, -0.1) is 0 Å². The van der Waals surface area contributed by atoms with Gasteiger partial charge in [-0.1, -0.05) is 74.0 Å². The molecule has 1 saturated carbocycles. The van der Waals surface area contributed by atoms with E-state index in [-0.39, 0.29) is 33.3 Å². The SMILES string of the molecule is COC(=O)C=C1CC(O[Si](C)(C)C(C)(C)C)C(=CCO[Si](C)(C)C(C)(C)C)[C@@H](O[Si](C)(C)C(C)(C)C)C1. The molecule has 0 N–H and O–H groups in total. The van der Waals surface area contributed by atoms with Gasteiger partial charge < -0.3 is 18.0 Å². The highest BCUT2D eigenvalue weighted by molar-refractivity contribution is 6.75. The molecule has 5 nitrogen and oxygen atoms in total. The second-order valence-electron chi connectivity index (χ2n) is 15.2. The van der Waals surface area contributed by atoms with E-state index in [0.717, 1.165) is 5.57 Å². The first kappa shape index (κ1) is 34.5. The molecule has 0 heterocycles. The molecule has 0 aromatic heterocycles. The maximum atomic E-state index is 12.2. The van der Waals surface area contributed by atoms with Gasteiger partial charge >= 0.3 is 5.97 Å². The molecule has 0 spiro atoms. The largest absolute Gasteiger partial charge is 0.466 e. The molecule has 1 aliphatic rings. The van der Waals surface area contributed by atoms with Crippen molar-refractivity contribution in [2.45, 2.75) is 142 Å². The van der Waals surface area contributed by atoms with Crippen molar-refractivity contribution >= 4 is 30.9 Å². The summed E-state index contributed by atoms with van der Waals surface area (Å²) < 4.78 is 25.7. The number of hydrogen-bond donors (Lipinski definition) is 0. The van der Waals surface area contributed by atoms with Crippen molar-refractivity contribution in [3.05, 3.63) is 23.3 Å². The summed E-state index contributed by atoms with van der Waals surface area (Å²) in [6.45, 7) is 34.7. The Hall–Kier alpha value is -0.519. The fraction of sp³-hybridized carbons (Fsp3) is 0.828. The Morgan fingerprint density at radius 2 is 1.14 bits per heavy atom. The fourth-order valence-electron chi connectivity index (χ4n) is 3.46. The molecule has 1 fully saturated rings. The van der Waals surface area contributed by atoms with Crippen LogP contribution in [0.1, 0.15) is 75.2 Å².